The number of carbonyl (C=O) groups excluding carboxylic acids is 2. The van der Waals surface area contributed by atoms with Crippen LogP contribution in [-0.2, 0) is 26.2 Å². The molecule has 3 rings (SSSR count). The monoisotopic (exact) mass is 623 g/mol. The van der Waals surface area contributed by atoms with Gasteiger partial charge in [-0.05, 0) is 74.7 Å². The first-order valence-corrected chi connectivity index (χ1v) is 15.3. The molecule has 0 heterocycles. The van der Waals surface area contributed by atoms with Crippen molar-refractivity contribution >= 4 is 62.3 Å². The molecule has 0 saturated carbocycles. The molecule has 3 aromatic rings. The van der Waals surface area contributed by atoms with Crippen LogP contribution in [0.3, 0.4) is 0 Å². The predicted molar refractivity (Wildman–Crippen MR) is 162 cm³/mol. The minimum Gasteiger partial charge on any atom is -0.352 e. The second-order valence-electron chi connectivity index (χ2n) is 9.52. The number of hydrogen-bond donors (Lipinski definition) is 1. The number of hydrogen-bond acceptors (Lipinski definition) is 4. The van der Waals surface area contributed by atoms with Gasteiger partial charge in [-0.25, -0.2) is 8.42 Å². The molecule has 0 aliphatic carbocycles. The second kappa shape index (κ2) is 13.7. The Morgan fingerprint density at radius 2 is 1.57 bits per heavy atom. The van der Waals surface area contributed by atoms with Crippen molar-refractivity contribution in [3.63, 3.8) is 0 Å². The van der Waals surface area contributed by atoms with E-state index < -0.39 is 28.5 Å². The highest BCUT2D eigenvalue weighted by atomic mass is 35.5. The van der Waals surface area contributed by atoms with Crippen LogP contribution in [0.25, 0.3) is 0 Å². The van der Waals surface area contributed by atoms with Crippen LogP contribution in [0.15, 0.2) is 71.6 Å². The number of aryl methyl sites for hydroxylation is 1. The summed E-state index contributed by atoms with van der Waals surface area (Å²) < 4.78 is 28.6. The topological polar surface area (TPSA) is 86.8 Å². The standard InChI is InChI=1S/C29H32Cl3N3O4S/c1-5-20(3)33-29(37)21(4)34(17-22-12-14-25(30)27(32)15-22)28(36)18-35(23-13-11-19(2)26(31)16-23)40(38,39)24-9-7-6-8-10-24/h6-16,20-21H,5,17-18H2,1-4H3,(H,33,37)/t20-,21-/m1/s1. The number of rotatable bonds is 11. The summed E-state index contributed by atoms with van der Waals surface area (Å²) in [5.74, 6) is -0.951. The van der Waals surface area contributed by atoms with Gasteiger partial charge in [0.1, 0.15) is 12.6 Å². The lowest BCUT2D eigenvalue weighted by molar-refractivity contribution is -0.139. The van der Waals surface area contributed by atoms with Gasteiger partial charge in [0.15, 0.2) is 0 Å². The minimum atomic E-state index is -4.18. The molecular formula is C29H32Cl3N3O4S. The number of carbonyl (C=O) groups is 2. The van der Waals surface area contributed by atoms with Crippen LogP contribution in [0.1, 0.15) is 38.3 Å². The molecule has 0 radical (unpaired) electrons. The molecule has 2 atom stereocenters. The number of nitrogens with zero attached hydrogens (tertiary/aromatic N) is 2. The third kappa shape index (κ3) is 7.69. The number of anilines is 1. The Balaban J connectivity index is 2.05. The summed E-state index contributed by atoms with van der Waals surface area (Å²) in [7, 11) is -4.18. The van der Waals surface area contributed by atoms with Crippen molar-refractivity contribution in [1.82, 2.24) is 10.2 Å². The first-order chi connectivity index (χ1) is 18.8. The predicted octanol–water partition coefficient (Wildman–Crippen LogP) is 6.48. The van der Waals surface area contributed by atoms with Gasteiger partial charge in [-0.15, -0.1) is 0 Å². The Bertz CT molecular complexity index is 1470. The molecule has 7 nitrogen and oxygen atoms in total. The molecule has 1 N–H and O–H groups in total. The average molecular weight is 625 g/mol. The summed E-state index contributed by atoms with van der Waals surface area (Å²) in [6, 6.07) is 16.5. The minimum absolute atomic E-state index is 0.00130. The van der Waals surface area contributed by atoms with E-state index >= 15 is 0 Å². The van der Waals surface area contributed by atoms with Gasteiger partial charge in [-0.1, -0.05) is 72.1 Å². The van der Waals surface area contributed by atoms with Gasteiger partial charge < -0.3 is 10.2 Å². The SMILES string of the molecule is CC[C@@H](C)NC(=O)[C@@H](C)N(Cc1ccc(Cl)c(Cl)c1)C(=O)CN(c1ccc(C)c(Cl)c1)S(=O)(=O)c1ccccc1. The van der Waals surface area contributed by atoms with Crippen molar-refractivity contribution in [1.29, 1.82) is 0 Å². The van der Waals surface area contributed by atoms with E-state index in [-0.39, 0.29) is 29.1 Å². The maximum Gasteiger partial charge on any atom is 0.264 e. The second-order valence-corrected chi connectivity index (χ2v) is 12.6. The fourth-order valence-corrected chi connectivity index (χ4v) is 5.79. The Kier molecular flexibility index (Phi) is 10.9. The van der Waals surface area contributed by atoms with Crippen LogP contribution in [0.2, 0.25) is 15.1 Å². The zero-order chi connectivity index (χ0) is 29.6. The van der Waals surface area contributed by atoms with E-state index in [9.17, 15) is 18.0 Å². The van der Waals surface area contributed by atoms with Gasteiger partial charge >= 0.3 is 0 Å². The Morgan fingerprint density at radius 1 is 0.900 bits per heavy atom. The van der Waals surface area contributed by atoms with E-state index in [0.29, 0.717) is 27.1 Å². The first-order valence-electron chi connectivity index (χ1n) is 12.7. The van der Waals surface area contributed by atoms with Crippen LogP contribution < -0.4 is 9.62 Å². The Morgan fingerprint density at radius 3 is 2.17 bits per heavy atom. The molecule has 0 spiro atoms. The molecule has 3 aromatic carbocycles. The van der Waals surface area contributed by atoms with Crippen LogP contribution in [0, 0.1) is 6.92 Å². The molecule has 214 valence electrons. The van der Waals surface area contributed by atoms with Gasteiger partial charge in [-0.2, -0.15) is 0 Å². The van der Waals surface area contributed by atoms with E-state index in [1.54, 1.807) is 62.4 Å². The summed E-state index contributed by atoms with van der Waals surface area (Å²) in [5, 5.41) is 3.90. The van der Waals surface area contributed by atoms with Crippen molar-refractivity contribution < 1.29 is 18.0 Å². The molecule has 0 fully saturated rings. The Labute approximate surface area is 251 Å². The van der Waals surface area contributed by atoms with Crippen LogP contribution in [-0.4, -0.2) is 43.8 Å². The van der Waals surface area contributed by atoms with E-state index in [0.717, 1.165) is 9.87 Å². The summed E-state index contributed by atoms with van der Waals surface area (Å²) in [4.78, 5) is 28.4. The summed E-state index contributed by atoms with van der Waals surface area (Å²) >= 11 is 18.6. The average Bonchev–Trinajstić information content (AvgIpc) is 2.93. The molecule has 0 bridgehead atoms. The Hall–Kier alpha value is -2.78. The number of halogens is 3. The third-order valence-corrected chi connectivity index (χ3v) is 9.49. The zero-order valence-electron chi connectivity index (χ0n) is 22.7. The van der Waals surface area contributed by atoms with Crippen LogP contribution in [0.5, 0.6) is 0 Å². The molecule has 11 heteroatoms. The zero-order valence-corrected chi connectivity index (χ0v) is 25.8. The van der Waals surface area contributed by atoms with Gasteiger partial charge in [0, 0.05) is 17.6 Å². The van der Waals surface area contributed by atoms with Crippen LogP contribution >= 0.6 is 34.8 Å². The summed E-state index contributed by atoms with van der Waals surface area (Å²) in [6.45, 7) is 6.63. The smallest absolute Gasteiger partial charge is 0.264 e. The van der Waals surface area contributed by atoms with E-state index in [2.05, 4.69) is 5.32 Å². The lowest BCUT2D eigenvalue weighted by Crippen LogP contribution is -2.52. The highest BCUT2D eigenvalue weighted by Crippen LogP contribution is 2.29. The largest absolute Gasteiger partial charge is 0.352 e. The quantitative estimate of drug-likeness (QED) is 0.265. The molecule has 0 aliphatic rings. The van der Waals surface area contributed by atoms with Gasteiger partial charge in [-0.3, -0.25) is 13.9 Å². The molecule has 0 saturated heterocycles. The van der Waals surface area contributed by atoms with E-state index in [1.807, 2.05) is 13.8 Å². The van der Waals surface area contributed by atoms with Gasteiger partial charge in [0.2, 0.25) is 11.8 Å². The van der Waals surface area contributed by atoms with Crippen molar-refractivity contribution in [2.45, 2.75) is 57.6 Å². The van der Waals surface area contributed by atoms with Crippen molar-refractivity contribution in [2.24, 2.45) is 0 Å². The molecule has 40 heavy (non-hydrogen) atoms. The molecular weight excluding hydrogens is 593 g/mol. The van der Waals surface area contributed by atoms with Crippen molar-refractivity contribution in [2.75, 3.05) is 10.8 Å². The summed E-state index contributed by atoms with van der Waals surface area (Å²) in [6.07, 6.45) is 0.705. The molecule has 2 amide bonds. The number of benzene rings is 3. The lowest BCUT2D eigenvalue weighted by Gasteiger charge is -2.32. The first kappa shape index (κ1) is 31.7. The molecule has 0 aliphatic heterocycles. The highest BCUT2D eigenvalue weighted by Gasteiger charge is 2.33. The lowest BCUT2D eigenvalue weighted by atomic mass is 10.1. The van der Waals surface area contributed by atoms with E-state index in [1.165, 1.54) is 23.1 Å². The number of nitrogens with one attached hydrogen (secondary N) is 1. The third-order valence-electron chi connectivity index (χ3n) is 6.56. The van der Waals surface area contributed by atoms with Crippen LogP contribution in [0.4, 0.5) is 5.69 Å². The molecule has 0 aromatic heterocycles. The fourth-order valence-electron chi connectivity index (χ4n) is 3.87. The molecule has 0 unspecified atom stereocenters. The normalized spacial score (nSPS) is 12.9. The summed E-state index contributed by atoms with van der Waals surface area (Å²) in [5.41, 5.74) is 1.60. The van der Waals surface area contributed by atoms with E-state index in [4.69, 9.17) is 34.8 Å². The highest BCUT2D eigenvalue weighted by molar-refractivity contribution is 7.92. The maximum atomic E-state index is 14.0. The van der Waals surface area contributed by atoms with Crippen molar-refractivity contribution in [3.05, 3.63) is 92.9 Å². The fraction of sp³-hybridized carbons (Fsp3) is 0.310. The number of amides is 2. The number of sulfonamides is 1. The van der Waals surface area contributed by atoms with Crippen molar-refractivity contribution in [3.8, 4) is 0 Å². The van der Waals surface area contributed by atoms with Gasteiger partial charge in [0.05, 0.1) is 20.6 Å². The van der Waals surface area contributed by atoms with Gasteiger partial charge in [0.25, 0.3) is 10.0 Å². The maximum absolute atomic E-state index is 14.0.